The van der Waals surface area contributed by atoms with Crippen molar-refractivity contribution in [1.29, 1.82) is 0 Å². The molecule has 0 spiro atoms. The van der Waals surface area contributed by atoms with Gasteiger partial charge in [-0.1, -0.05) is 0 Å². The van der Waals surface area contributed by atoms with Crippen molar-refractivity contribution in [2.45, 2.75) is 0 Å². The summed E-state index contributed by atoms with van der Waals surface area (Å²) < 4.78 is 43.5. The third-order valence-corrected chi connectivity index (χ3v) is 3.91. The van der Waals surface area contributed by atoms with E-state index in [2.05, 4.69) is 12.2 Å². The number of thiocarbonyl (C=S) groups is 1. The highest BCUT2D eigenvalue weighted by Crippen LogP contribution is 1.99. The van der Waals surface area contributed by atoms with Crippen molar-refractivity contribution in [3.05, 3.63) is 0 Å². The van der Waals surface area contributed by atoms with Crippen molar-refractivity contribution in [2.24, 2.45) is 5.73 Å². The predicted octanol–water partition coefficient (Wildman–Crippen LogP) is -2.04. The van der Waals surface area contributed by atoms with Crippen molar-refractivity contribution in [1.82, 2.24) is 9.25 Å². The number of rotatable bonds is 3. The van der Waals surface area contributed by atoms with E-state index in [1.165, 1.54) is 0 Å². The lowest BCUT2D eigenvalue weighted by atomic mass is 11.2. The van der Waals surface area contributed by atoms with E-state index < -0.39 is 25.2 Å². The number of hydrazine groups is 1. The van der Waals surface area contributed by atoms with Crippen molar-refractivity contribution in [3.8, 4) is 0 Å². The zero-order chi connectivity index (χ0) is 10.9. The molecule has 0 aliphatic rings. The van der Waals surface area contributed by atoms with Gasteiger partial charge < -0.3 is 5.73 Å². The molecule has 0 bridgehead atoms. The Kier molecular flexibility index (Phi) is 3.61. The van der Waals surface area contributed by atoms with Crippen LogP contribution in [0.4, 0.5) is 0 Å². The summed E-state index contributed by atoms with van der Waals surface area (Å²) in [6.45, 7) is 0. The minimum atomic E-state index is -3.95. The average Bonchev–Trinajstić information content (AvgIpc) is 1.77. The largest absolute Gasteiger partial charge is 0.375 e. The second-order valence-electron chi connectivity index (χ2n) is 2.20. The third kappa shape index (κ3) is 4.36. The van der Waals surface area contributed by atoms with Crippen molar-refractivity contribution in [3.63, 3.8) is 0 Å². The zero-order valence-electron chi connectivity index (χ0n) is 6.88. The topological polar surface area (TPSA) is 110 Å². The summed E-state index contributed by atoms with van der Waals surface area (Å²) in [6.07, 6.45) is 1.42. The normalized spacial score (nSPS) is 12.8. The fraction of sp³-hybridized carbons (Fsp3) is 0.667. The van der Waals surface area contributed by atoms with Gasteiger partial charge in [0.25, 0.3) is 0 Å². The van der Waals surface area contributed by atoms with Gasteiger partial charge in [0, 0.05) is 0 Å². The number of nitrogens with zero attached hydrogens (tertiary/aromatic N) is 1. The quantitative estimate of drug-likeness (QED) is 0.436. The minimum absolute atomic E-state index is 0.00231. The van der Waals surface area contributed by atoms with Crippen LogP contribution in [0.1, 0.15) is 0 Å². The van der Waals surface area contributed by atoms with Crippen LogP contribution in [-0.2, 0) is 20.0 Å². The molecule has 0 aromatic carbocycles. The van der Waals surface area contributed by atoms with E-state index in [4.69, 9.17) is 5.73 Å². The first-order valence-electron chi connectivity index (χ1n) is 2.81. The second kappa shape index (κ2) is 3.74. The van der Waals surface area contributed by atoms with Crippen LogP contribution in [0.15, 0.2) is 0 Å². The molecular weight excluding hydrogens is 238 g/mol. The van der Waals surface area contributed by atoms with Gasteiger partial charge in [0.2, 0.25) is 20.0 Å². The molecular formula is C3H9N3O4S3. The van der Waals surface area contributed by atoms with Crippen LogP contribution in [0.5, 0.6) is 0 Å². The maximum atomic E-state index is 10.9. The summed E-state index contributed by atoms with van der Waals surface area (Å²) in [4.78, 5) is 0. The Morgan fingerprint density at radius 3 is 1.62 bits per heavy atom. The molecule has 0 heterocycles. The van der Waals surface area contributed by atoms with Gasteiger partial charge in [-0.2, -0.15) is 0 Å². The van der Waals surface area contributed by atoms with Gasteiger partial charge in [-0.25, -0.2) is 16.8 Å². The highest BCUT2D eigenvalue weighted by atomic mass is 32.3. The van der Waals surface area contributed by atoms with Crippen molar-refractivity contribution >= 4 is 37.4 Å². The zero-order valence-corrected chi connectivity index (χ0v) is 9.33. The Balaban J connectivity index is 5.15. The van der Waals surface area contributed by atoms with Crippen LogP contribution in [0.3, 0.4) is 0 Å². The second-order valence-corrected chi connectivity index (χ2v) is 6.53. The lowest BCUT2D eigenvalue weighted by Crippen LogP contribution is -2.50. The van der Waals surface area contributed by atoms with E-state index in [1.54, 1.807) is 0 Å². The van der Waals surface area contributed by atoms with Gasteiger partial charge in [0.1, 0.15) is 0 Å². The van der Waals surface area contributed by atoms with Gasteiger partial charge in [0.15, 0.2) is 5.11 Å². The van der Waals surface area contributed by atoms with Gasteiger partial charge in [0.05, 0.1) is 12.5 Å². The van der Waals surface area contributed by atoms with Crippen LogP contribution >= 0.6 is 12.2 Å². The first-order chi connectivity index (χ1) is 5.55. The highest BCUT2D eigenvalue weighted by Gasteiger charge is 2.27. The lowest BCUT2D eigenvalue weighted by Gasteiger charge is -2.17. The molecule has 0 aromatic rings. The van der Waals surface area contributed by atoms with Crippen LogP contribution < -0.4 is 11.2 Å². The van der Waals surface area contributed by atoms with Gasteiger partial charge in [-0.05, 0) is 16.0 Å². The lowest BCUT2D eigenvalue weighted by molar-refractivity contribution is 0.486. The fourth-order valence-corrected chi connectivity index (χ4v) is 3.20. The fourth-order valence-electron chi connectivity index (χ4n) is 0.502. The Bertz CT molecular complexity index is 364. The maximum Gasteiger partial charge on any atom is 0.241 e. The summed E-state index contributed by atoms with van der Waals surface area (Å²) >= 11 is 4.31. The Morgan fingerprint density at radius 2 is 1.54 bits per heavy atom. The Morgan fingerprint density at radius 1 is 1.23 bits per heavy atom. The summed E-state index contributed by atoms with van der Waals surface area (Å²) in [7, 11) is -7.90. The molecule has 0 rings (SSSR count). The first kappa shape index (κ1) is 12.6. The van der Waals surface area contributed by atoms with E-state index >= 15 is 0 Å². The van der Waals surface area contributed by atoms with Crippen LogP contribution in [0.2, 0.25) is 0 Å². The van der Waals surface area contributed by atoms with Crippen LogP contribution in [0, 0.1) is 0 Å². The summed E-state index contributed by atoms with van der Waals surface area (Å²) in [5, 5.41) is -0.448. The molecule has 0 saturated heterocycles. The van der Waals surface area contributed by atoms with E-state index in [9.17, 15) is 16.8 Å². The molecule has 78 valence electrons. The average molecular weight is 247 g/mol. The number of nitrogens with one attached hydrogen (secondary N) is 1. The molecule has 3 N–H and O–H groups in total. The van der Waals surface area contributed by atoms with E-state index in [0.717, 1.165) is 0 Å². The highest BCUT2D eigenvalue weighted by molar-refractivity contribution is 8.03. The van der Waals surface area contributed by atoms with Crippen LogP contribution in [0.25, 0.3) is 0 Å². The SMILES string of the molecule is CS(=O)(=O)N(NC(N)=S)S(C)(=O)=O. The van der Waals surface area contributed by atoms with E-state index in [0.29, 0.717) is 12.5 Å². The molecule has 0 radical (unpaired) electrons. The predicted molar refractivity (Wildman–Crippen MR) is 51.4 cm³/mol. The maximum absolute atomic E-state index is 10.9. The Hall–Kier alpha value is -0.450. The summed E-state index contributed by atoms with van der Waals surface area (Å²) in [6, 6.07) is 0. The molecule has 0 aromatic heterocycles. The van der Waals surface area contributed by atoms with Gasteiger partial charge in [-0.3, -0.25) is 5.43 Å². The molecule has 0 aliphatic carbocycles. The van der Waals surface area contributed by atoms with Crippen molar-refractivity contribution in [2.75, 3.05) is 12.5 Å². The van der Waals surface area contributed by atoms with Crippen molar-refractivity contribution < 1.29 is 16.8 Å². The monoisotopic (exact) mass is 247 g/mol. The molecule has 7 nitrogen and oxygen atoms in total. The van der Waals surface area contributed by atoms with Crippen LogP contribution in [-0.4, -0.2) is 38.3 Å². The third-order valence-electron chi connectivity index (χ3n) is 0.804. The van der Waals surface area contributed by atoms with Gasteiger partial charge >= 0.3 is 0 Å². The summed E-state index contributed by atoms with van der Waals surface area (Å²) in [5.41, 5.74) is 6.76. The number of hydrogen-bond donors (Lipinski definition) is 2. The molecule has 10 heteroatoms. The van der Waals surface area contributed by atoms with E-state index in [-0.39, 0.29) is 3.82 Å². The molecule has 13 heavy (non-hydrogen) atoms. The molecule has 0 fully saturated rings. The number of sulfonamides is 2. The first-order valence-corrected chi connectivity index (χ1v) is 6.92. The smallest absolute Gasteiger partial charge is 0.241 e. The molecule has 0 atom stereocenters. The molecule has 0 aliphatic heterocycles. The molecule has 0 amide bonds. The Labute approximate surface area is 82.0 Å². The van der Waals surface area contributed by atoms with E-state index in [1.807, 2.05) is 5.43 Å². The standard InChI is InChI=1S/C3H9N3O4S3/c1-12(7,8)6(5-3(4)11)13(2,9)10/h1-2H3,(H3,4,5,11). The molecule has 0 unspecified atom stereocenters. The number of nitrogens with two attached hydrogens (primary N) is 1. The number of hydrogen-bond acceptors (Lipinski definition) is 5. The molecule has 0 saturated carbocycles. The summed E-state index contributed by atoms with van der Waals surface area (Å²) in [5.74, 6) is 0. The van der Waals surface area contributed by atoms with Gasteiger partial charge in [-0.15, -0.1) is 0 Å². The minimum Gasteiger partial charge on any atom is -0.375 e.